The van der Waals surface area contributed by atoms with Crippen LogP contribution in [0, 0.1) is 0 Å². The quantitative estimate of drug-likeness (QED) is 0.316. The van der Waals surface area contributed by atoms with Crippen LogP contribution >= 0.6 is 15.9 Å². The molecule has 3 aromatic carbocycles. The van der Waals surface area contributed by atoms with Gasteiger partial charge in [0.05, 0.1) is 11.0 Å². The first-order chi connectivity index (χ1) is 20.0. The van der Waals surface area contributed by atoms with Crippen LogP contribution in [0.4, 0.5) is 8.78 Å². The van der Waals surface area contributed by atoms with Crippen LogP contribution in [0.25, 0.3) is 10.8 Å². The molecule has 1 aliphatic carbocycles. The van der Waals surface area contributed by atoms with Crippen molar-refractivity contribution in [2.75, 3.05) is 0 Å². The lowest BCUT2D eigenvalue weighted by Gasteiger charge is -2.41. The number of piperidine rings is 1. The predicted molar refractivity (Wildman–Crippen MR) is 160 cm³/mol. The van der Waals surface area contributed by atoms with E-state index in [4.69, 9.17) is 10.5 Å². The summed E-state index contributed by atoms with van der Waals surface area (Å²) in [6, 6.07) is 12.2. The van der Waals surface area contributed by atoms with Crippen molar-refractivity contribution in [3.63, 3.8) is 0 Å². The van der Waals surface area contributed by atoms with Gasteiger partial charge in [-0.2, -0.15) is 13.5 Å². The molecule has 3 N–H and O–H groups in total. The maximum atomic E-state index is 16.2. The molecule has 1 amide bonds. The van der Waals surface area contributed by atoms with E-state index in [-0.39, 0.29) is 29.1 Å². The Balaban J connectivity index is 1.32. The van der Waals surface area contributed by atoms with Crippen molar-refractivity contribution in [3.8, 4) is 5.75 Å². The highest BCUT2D eigenvalue weighted by Gasteiger charge is 2.53. The molecule has 2 aliphatic heterocycles. The Kier molecular flexibility index (Phi) is 8.06. The van der Waals surface area contributed by atoms with Crippen molar-refractivity contribution in [1.82, 2.24) is 9.62 Å². The Morgan fingerprint density at radius 2 is 1.64 bits per heavy atom. The monoisotopic (exact) mass is 661 g/mol. The smallest absolute Gasteiger partial charge is 0.298 e. The standard InChI is InChI=1S/C31H34BrF2N3O4S/c32-22-5-3-4-21(16-22)31(33,34)29(30(38)37-24-10-11-25(37)18-23(35)17-24)36-42(39,40)28-13-9-19-14-27(12-8-20(19)15-28)41-26-6-1-2-7-26/h3-5,8-9,12-16,23-26,29,36H,1-2,6-7,10-11,17-18,35H2/t23?,24?,25?,29-/m0/s1. The summed E-state index contributed by atoms with van der Waals surface area (Å²) in [6.07, 6.45) is 6.80. The molecule has 2 bridgehead atoms. The minimum absolute atomic E-state index is 0.117. The van der Waals surface area contributed by atoms with E-state index < -0.39 is 33.5 Å². The first-order valence-electron chi connectivity index (χ1n) is 14.5. The van der Waals surface area contributed by atoms with Crippen LogP contribution in [0.2, 0.25) is 0 Å². The molecule has 3 atom stereocenters. The Morgan fingerprint density at radius 1 is 0.976 bits per heavy atom. The van der Waals surface area contributed by atoms with E-state index in [1.807, 2.05) is 6.07 Å². The Bertz CT molecular complexity index is 1580. The number of nitrogens with zero attached hydrogens (tertiary/aromatic N) is 1. The Morgan fingerprint density at radius 3 is 2.33 bits per heavy atom. The second kappa shape index (κ2) is 11.5. The molecule has 2 unspecified atom stereocenters. The number of hydrogen-bond acceptors (Lipinski definition) is 5. The van der Waals surface area contributed by atoms with Crippen molar-refractivity contribution in [2.45, 2.75) is 92.5 Å². The van der Waals surface area contributed by atoms with E-state index in [2.05, 4.69) is 20.7 Å². The number of benzene rings is 3. The molecule has 2 saturated heterocycles. The highest BCUT2D eigenvalue weighted by molar-refractivity contribution is 9.10. The third kappa shape index (κ3) is 5.80. The number of sulfonamides is 1. The Hall–Kier alpha value is -2.60. The maximum absolute atomic E-state index is 16.2. The minimum Gasteiger partial charge on any atom is -0.490 e. The van der Waals surface area contributed by atoms with Gasteiger partial charge in [0.25, 0.3) is 5.92 Å². The number of carbonyl (C=O) groups excluding carboxylic acids is 1. The number of hydrogen-bond donors (Lipinski definition) is 2. The molecule has 3 aliphatic rings. The van der Waals surface area contributed by atoms with Crippen LogP contribution in [-0.4, -0.2) is 49.5 Å². The molecular weight excluding hydrogens is 628 g/mol. The van der Waals surface area contributed by atoms with E-state index in [1.165, 1.54) is 35.2 Å². The normalized spacial score (nSPS) is 23.8. The second-order valence-electron chi connectivity index (χ2n) is 11.7. The molecule has 7 nitrogen and oxygen atoms in total. The van der Waals surface area contributed by atoms with Crippen LogP contribution in [-0.2, 0) is 20.7 Å². The van der Waals surface area contributed by atoms with Gasteiger partial charge in [0, 0.05) is 28.2 Å². The third-order valence-electron chi connectivity index (χ3n) is 8.81. The van der Waals surface area contributed by atoms with Crippen LogP contribution in [0.1, 0.15) is 56.9 Å². The predicted octanol–water partition coefficient (Wildman–Crippen LogP) is 5.84. The summed E-state index contributed by atoms with van der Waals surface area (Å²) in [5.74, 6) is -4.06. The summed E-state index contributed by atoms with van der Waals surface area (Å²) < 4.78 is 68.4. The highest BCUT2D eigenvalue weighted by atomic mass is 79.9. The number of rotatable bonds is 8. The number of halogens is 3. The van der Waals surface area contributed by atoms with Crippen LogP contribution in [0.15, 0.2) is 70.0 Å². The first kappa shape index (κ1) is 29.5. The van der Waals surface area contributed by atoms with Gasteiger partial charge in [-0.1, -0.05) is 40.2 Å². The summed E-state index contributed by atoms with van der Waals surface area (Å²) in [4.78, 5) is 15.2. The van der Waals surface area contributed by atoms with Crippen LogP contribution < -0.4 is 15.2 Å². The lowest BCUT2D eigenvalue weighted by atomic mass is 9.95. The molecule has 6 rings (SSSR count). The molecule has 3 aromatic rings. The number of carbonyl (C=O) groups is 1. The molecular formula is C31H34BrF2N3O4S. The average Bonchev–Trinajstić information content (AvgIpc) is 3.56. The van der Waals surface area contributed by atoms with Gasteiger partial charge in [-0.25, -0.2) is 8.42 Å². The molecule has 2 heterocycles. The Labute approximate surface area is 253 Å². The van der Waals surface area contributed by atoms with Crippen molar-refractivity contribution < 1.29 is 26.7 Å². The topological polar surface area (TPSA) is 102 Å². The van der Waals surface area contributed by atoms with E-state index in [0.29, 0.717) is 41.3 Å². The van der Waals surface area contributed by atoms with E-state index >= 15 is 8.78 Å². The number of nitrogens with one attached hydrogen (secondary N) is 1. The van der Waals surface area contributed by atoms with Gasteiger partial charge >= 0.3 is 0 Å². The molecule has 3 fully saturated rings. The van der Waals surface area contributed by atoms with E-state index in [0.717, 1.165) is 31.1 Å². The molecule has 11 heteroatoms. The lowest BCUT2D eigenvalue weighted by Crippen LogP contribution is -2.60. The van der Waals surface area contributed by atoms with E-state index in [1.54, 1.807) is 24.3 Å². The second-order valence-corrected chi connectivity index (χ2v) is 14.4. The third-order valence-corrected chi connectivity index (χ3v) is 10.7. The zero-order valence-electron chi connectivity index (χ0n) is 23.0. The van der Waals surface area contributed by atoms with Crippen molar-refractivity contribution in [3.05, 3.63) is 70.7 Å². The van der Waals surface area contributed by atoms with Crippen molar-refractivity contribution in [1.29, 1.82) is 0 Å². The maximum Gasteiger partial charge on any atom is 0.298 e. The zero-order valence-corrected chi connectivity index (χ0v) is 25.4. The largest absolute Gasteiger partial charge is 0.490 e. The SMILES string of the molecule is NC1CC2CCC(C1)N2C(=O)[C@H](NS(=O)(=O)c1ccc2cc(OC3CCCC3)ccc2c1)C(F)(F)c1cccc(Br)c1. The van der Waals surface area contributed by atoms with Crippen LogP contribution in [0.3, 0.4) is 0 Å². The number of alkyl halides is 2. The number of nitrogens with two attached hydrogens (primary N) is 1. The average molecular weight is 663 g/mol. The van der Waals surface area contributed by atoms with Gasteiger partial charge in [-0.05, 0) is 98.5 Å². The van der Waals surface area contributed by atoms with Gasteiger partial charge in [0.2, 0.25) is 15.9 Å². The van der Waals surface area contributed by atoms with Gasteiger partial charge in [0.1, 0.15) is 5.75 Å². The molecule has 42 heavy (non-hydrogen) atoms. The van der Waals surface area contributed by atoms with Crippen molar-refractivity contribution >= 4 is 42.6 Å². The van der Waals surface area contributed by atoms with Gasteiger partial charge in [0.15, 0.2) is 6.04 Å². The minimum atomic E-state index is -4.54. The summed E-state index contributed by atoms with van der Waals surface area (Å²) in [6.45, 7) is 0. The van der Waals surface area contributed by atoms with E-state index in [9.17, 15) is 13.2 Å². The fourth-order valence-electron chi connectivity index (χ4n) is 6.73. The molecule has 224 valence electrons. The summed E-state index contributed by atoms with van der Waals surface area (Å²) >= 11 is 3.21. The molecule has 0 aromatic heterocycles. The lowest BCUT2D eigenvalue weighted by molar-refractivity contribution is -0.149. The number of ether oxygens (including phenoxy) is 1. The van der Waals surface area contributed by atoms with Crippen molar-refractivity contribution in [2.24, 2.45) is 5.73 Å². The zero-order chi connectivity index (χ0) is 29.6. The first-order valence-corrected chi connectivity index (χ1v) is 16.7. The number of amides is 1. The van der Waals surface area contributed by atoms with Gasteiger partial charge in [-0.15, -0.1) is 0 Å². The molecule has 0 radical (unpaired) electrons. The fraction of sp³-hybridized carbons (Fsp3) is 0.452. The van der Waals surface area contributed by atoms with Crippen LogP contribution in [0.5, 0.6) is 5.75 Å². The van der Waals surface area contributed by atoms with Gasteiger partial charge in [-0.3, -0.25) is 4.79 Å². The molecule has 1 saturated carbocycles. The number of fused-ring (bicyclic) bond motifs is 3. The molecule has 0 spiro atoms. The fourth-order valence-corrected chi connectivity index (χ4v) is 8.36. The summed E-state index contributed by atoms with van der Waals surface area (Å²) in [5.41, 5.74) is 5.68. The summed E-state index contributed by atoms with van der Waals surface area (Å²) in [5, 5.41) is 1.37. The highest BCUT2D eigenvalue weighted by Crippen LogP contribution is 2.40. The van der Waals surface area contributed by atoms with Gasteiger partial charge < -0.3 is 15.4 Å². The summed E-state index contributed by atoms with van der Waals surface area (Å²) in [7, 11) is -4.54.